The Hall–Kier alpha value is -2.57. The van der Waals surface area contributed by atoms with E-state index in [4.69, 9.17) is 4.99 Å². The molecule has 32 heavy (non-hydrogen) atoms. The minimum absolute atomic E-state index is 0.112. The van der Waals surface area contributed by atoms with Crippen molar-refractivity contribution < 1.29 is 5.11 Å². The second-order valence-electron chi connectivity index (χ2n) is 8.80. The van der Waals surface area contributed by atoms with Gasteiger partial charge in [0, 0.05) is 58.0 Å². The molecule has 0 aliphatic carbocycles. The van der Waals surface area contributed by atoms with E-state index in [9.17, 15) is 5.11 Å². The van der Waals surface area contributed by atoms with Crippen LogP contribution in [-0.2, 0) is 13.1 Å². The van der Waals surface area contributed by atoms with Crippen LogP contribution >= 0.6 is 0 Å². The number of anilines is 1. The molecule has 2 saturated heterocycles. The number of rotatable bonds is 6. The van der Waals surface area contributed by atoms with Gasteiger partial charge >= 0.3 is 0 Å². The summed E-state index contributed by atoms with van der Waals surface area (Å²) < 4.78 is 0. The third-order valence-corrected chi connectivity index (χ3v) is 6.43. The number of likely N-dealkylation sites (tertiary alicyclic amines) is 1. The Morgan fingerprint density at radius 2 is 1.56 bits per heavy atom. The van der Waals surface area contributed by atoms with Crippen LogP contribution in [0.15, 0.2) is 59.6 Å². The lowest BCUT2D eigenvalue weighted by atomic mass is 10.1. The van der Waals surface area contributed by atoms with Gasteiger partial charge in [-0.25, -0.2) is 4.99 Å². The first-order valence-corrected chi connectivity index (χ1v) is 12.0. The van der Waals surface area contributed by atoms with Gasteiger partial charge in [0.1, 0.15) is 0 Å². The van der Waals surface area contributed by atoms with Gasteiger partial charge < -0.3 is 20.2 Å². The molecule has 2 aliphatic rings. The lowest BCUT2D eigenvalue weighted by molar-refractivity contribution is 0.0792. The number of aliphatic hydroxyl groups is 1. The minimum Gasteiger partial charge on any atom is -0.393 e. The second kappa shape index (κ2) is 11.3. The summed E-state index contributed by atoms with van der Waals surface area (Å²) in [5.74, 6) is 1.01. The van der Waals surface area contributed by atoms with Crippen molar-refractivity contribution in [3.05, 3.63) is 65.7 Å². The second-order valence-corrected chi connectivity index (χ2v) is 8.80. The fraction of sp³-hybridized carbons (Fsp3) is 0.500. The molecule has 0 amide bonds. The van der Waals surface area contributed by atoms with Gasteiger partial charge in [-0.1, -0.05) is 42.5 Å². The van der Waals surface area contributed by atoms with Crippen LogP contribution in [0, 0.1) is 0 Å². The molecular weight excluding hydrogens is 398 g/mol. The van der Waals surface area contributed by atoms with Gasteiger partial charge in [-0.15, -0.1) is 0 Å². The molecule has 2 fully saturated rings. The van der Waals surface area contributed by atoms with Crippen LogP contribution in [0.5, 0.6) is 0 Å². The summed E-state index contributed by atoms with van der Waals surface area (Å²) in [4.78, 5) is 12.2. The Balaban J connectivity index is 1.30. The van der Waals surface area contributed by atoms with Gasteiger partial charge in [0.2, 0.25) is 0 Å². The largest absolute Gasteiger partial charge is 0.393 e. The standard InChI is InChI=1S/C26H37N5O/c1-2-27-26(31-18-16-30(17-19-31)24-6-4-3-5-7-24)28-20-22-8-10-23(11-9-22)21-29-14-12-25(32)13-15-29/h3-11,25,32H,2,12-21H2,1H3,(H,27,28). The average Bonchev–Trinajstić information content (AvgIpc) is 2.85. The van der Waals surface area contributed by atoms with Gasteiger partial charge in [0.25, 0.3) is 0 Å². The number of aliphatic imine (C=N–C) groups is 1. The lowest BCUT2D eigenvalue weighted by Crippen LogP contribution is -2.52. The Morgan fingerprint density at radius 3 is 2.22 bits per heavy atom. The number of hydrogen-bond acceptors (Lipinski definition) is 4. The van der Waals surface area contributed by atoms with E-state index in [-0.39, 0.29) is 6.10 Å². The van der Waals surface area contributed by atoms with Crippen LogP contribution in [0.2, 0.25) is 0 Å². The summed E-state index contributed by atoms with van der Waals surface area (Å²) in [7, 11) is 0. The van der Waals surface area contributed by atoms with Crippen LogP contribution in [0.4, 0.5) is 5.69 Å². The number of guanidine groups is 1. The molecule has 0 aromatic heterocycles. The molecule has 6 heteroatoms. The Labute approximate surface area is 192 Å². The predicted molar refractivity (Wildman–Crippen MR) is 132 cm³/mol. The molecule has 0 saturated carbocycles. The zero-order valence-corrected chi connectivity index (χ0v) is 19.3. The maximum atomic E-state index is 9.68. The van der Waals surface area contributed by atoms with Gasteiger partial charge in [-0.3, -0.25) is 4.90 Å². The summed E-state index contributed by atoms with van der Waals surface area (Å²) in [6.07, 6.45) is 1.66. The SMILES string of the molecule is CCNC(=NCc1ccc(CN2CCC(O)CC2)cc1)N1CCN(c2ccccc2)CC1. The van der Waals surface area contributed by atoms with E-state index in [0.717, 1.165) is 71.2 Å². The number of nitrogens with one attached hydrogen (secondary N) is 1. The van der Waals surface area contributed by atoms with Crippen molar-refractivity contribution in [2.24, 2.45) is 4.99 Å². The van der Waals surface area contributed by atoms with Crippen molar-refractivity contribution in [1.82, 2.24) is 15.1 Å². The molecule has 0 bridgehead atoms. The number of piperazine rings is 1. The van der Waals surface area contributed by atoms with Crippen LogP contribution in [-0.4, -0.2) is 72.8 Å². The number of benzene rings is 2. The summed E-state index contributed by atoms with van der Waals surface area (Å²) in [5, 5.41) is 13.2. The number of para-hydroxylation sites is 1. The first-order chi connectivity index (χ1) is 15.7. The average molecular weight is 436 g/mol. The first kappa shape index (κ1) is 22.6. The van der Waals surface area contributed by atoms with Crippen molar-refractivity contribution in [3.63, 3.8) is 0 Å². The third-order valence-electron chi connectivity index (χ3n) is 6.43. The summed E-state index contributed by atoms with van der Waals surface area (Å²) in [6.45, 7) is 10.6. The highest BCUT2D eigenvalue weighted by Gasteiger charge is 2.20. The van der Waals surface area contributed by atoms with Crippen LogP contribution in [0.25, 0.3) is 0 Å². The molecule has 0 spiro atoms. The van der Waals surface area contributed by atoms with Gasteiger partial charge in [-0.05, 0) is 43.0 Å². The molecule has 4 rings (SSSR count). The van der Waals surface area contributed by atoms with Gasteiger partial charge in [-0.2, -0.15) is 0 Å². The zero-order valence-electron chi connectivity index (χ0n) is 19.3. The highest BCUT2D eigenvalue weighted by Crippen LogP contribution is 2.17. The quantitative estimate of drug-likeness (QED) is 0.540. The molecule has 6 nitrogen and oxygen atoms in total. The molecule has 2 N–H and O–H groups in total. The number of piperidine rings is 1. The Kier molecular flexibility index (Phi) is 8.02. The molecule has 2 aliphatic heterocycles. The first-order valence-electron chi connectivity index (χ1n) is 12.0. The van der Waals surface area contributed by atoms with E-state index in [1.807, 2.05) is 0 Å². The molecule has 0 radical (unpaired) electrons. The number of hydrogen-bond donors (Lipinski definition) is 2. The Morgan fingerprint density at radius 1 is 0.906 bits per heavy atom. The minimum atomic E-state index is -0.112. The van der Waals surface area contributed by atoms with E-state index >= 15 is 0 Å². The van der Waals surface area contributed by atoms with E-state index in [1.165, 1.54) is 16.8 Å². The molecule has 2 heterocycles. The van der Waals surface area contributed by atoms with Crippen molar-refractivity contribution in [2.75, 3.05) is 50.7 Å². The maximum absolute atomic E-state index is 9.68. The van der Waals surface area contributed by atoms with E-state index in [2.05, 4.69) is 81.5 Å². The topological polar surface area (TPSA) is 54.3 Å². The lowest BCUT2D eigenvalue weighted by Gasteiger charge is -2.37. The molecular formula is C26H37N5O. The highest BCUT2D eigenvalue weighted by molar-refractivity contribution is 5.80. The molecule has 2 aromatic rings. The predicted octanol–water partition coefficient (Wildman–Crippen LogP) is 2.93. The molecule has 0 atom stereocenters. The zero-order chi connectivity index (χ0) is 22.2. The summed E-state index contributed by atoms with van der Waals surface area (Å²) in [6, 6.07) is 19.5. The highest BCUT2D eigenvalue weighted by atomic mass is 16.3. The van der Waals surface area contributed by atoms with E-state index in [1.54, 1.807) is 0 Å². The monoisotopic (exact) mass is 435 g/mol. The normalized spacial score (nSPS) is 18.8. The van der Waals surface area contributed by atoms with Crippen molar-refractivity contribution in [1.29, 1.82) is 0 Å². The smallest absolute Gasteiger partial charge is 0.194 e. The van der Waals surface area contributed by atoms with Crippen LogP contribution < -0.4 is 10.2 Å². The van der Waals surface area contributed by atoms with Crippen LogP contribution in [0.1, 0.15) is 30.9 Å². The van der Waals surface area contributed by atoms with Gasteiger partial charge in [0.05, 0.1) is 12.6 Å². The summed E-state index contributed by atoms with van der Waals surface area (Å²) >= 11 is 0. The third kappa shape index (κ3) is 6.24. The Bertz CT molecular complexity index is 838. The molecule has 172 valence electrons. The molecule has 2 aromatic carbocycles. The van der Waals surface area contributed by atoms with Crippen molar-refractivity contribution in [2.45, 2.75) is 39.0 Å². The van der Waals surface area contributed by atoms with Gasteiger partial charge in [0.15, 0.2) is 5.96 Å². The number of nitrogens with zero attached hydrogens (tertiary/aromatic N) is 4. The maximum Gasteiger partial charge on any atom is 0.194 e. The molecule has 0 unspecified atom stereocenters. The van der Waals surface area contributed by atoms with E-state index < -0.39 is 0 Å². The van der Waals surface area contributed by atoms with Crippen molar-refractivity contribution in [3.8, 4) is 0 Å². The fourth-order valence-corrected chi connectivity index (χ4v) is 4.49. The van der Waals surface area contributed by atoms with E-state index in [0.29, 0.717) is 6.54 Å². The van der Waals surface area contributed by atoms with Crippen LogP contribution in [0.3, 0.4) is 0 Å². The fourth-order valence-electron chi connectivity index (χ4n) is 4.49. The van der Waals surface area contributed by atoms with Crippen molar-refractivity contribution >= 4 is 11.6 Å². The summed E-state index contributed by atoms with van der Waals surface area (Å²) in [5.41, 5.74) is 3.87. The number of aliphatic hydroxyl groups excluding tert-OH is 1.